The fourth-order valence-corrected chi connectivity index (χ4v) is 7.26. The van der Waals surface area contributed by atoms with Crippen molar-refractivity contribution in [3.63, 3.8) is 0 Å². The molecule has 0 radical (unpaired) electrons. The number of rotatable bonds is 10. The lowest BCUT2D eigenvalue weighted by molar-refractivity contribution is 0.150. The summed E-state index contributed by atoms with van der Waals surface area (Å²) in [6.45, 7) is 17.6. The molecule has 0 saturated heterocycles. The second kappa shape index (κ2) is 14.3. The summed E-state index contributed by atoms with van der Waals surface area (Å²) in [7, 11) is 0. The SMILES string of the molecule is CC(C)(c1ccccc1)c1ccc(OC(=O)Oc2ccc(C(C)(C)c3ccccc3)cc2C(C)(C)c2ccccc2)c(C(C)(C)c2ccccc2)c1. The van der Waals surface area contributed by atoms with Gasteiger partial charge in [0.15, 0.2) is 0 Å². The van der Waals surface area contributed by atoms with Crippen LogP contribution >= 0.6 is 0 Å². The Morgan fingerprint density at radius 3 is 0.904 bits per heavy atom. The van der Waals surface area contributed by atoms with Crippen LogP contribution in [0.5, 0.6) is 11.5 Å². The van der Waals surface area contributed by atoms with E-state index in [1.165, 1.54) is 11.1 Å². The van der Waals surface area contributed by atoms with Crippen LogP contribution in [0.25, 0.3) is 0 Å². The van der Waals surface area contributed by atoms with Gasteiger partial charge in [-0.3, -0.25) is 0 Å². The molecule has 0 spiro atoms. The number of hydrogen-bond acceptors (Lipinski definition) is 3. The molecular formula is C49H50O3. The molecule has 6 aromatic carbocycles. The lowest BCUT2D eigenvalue weighted by Crippen LogP contribution is -2.26. The molecule has 6 aromatic rings. The first-order valence-corrected chi connectivity index (χ1v) is 18.1. The molecule has 264 valence electrons. The minimum atomic E-state index is -0.777. The van der Waals surface area contributed by atoms with Gasteiger partial charge in [-0.1, -0.05) is 201 Å². The van der Waals surface area contributed by atoms with Crippen LogP contribution in [0.4, 0.5) is 4.79 Å². The number of carbonyl (C=O) groups excluding carboxylic acids is 1. The Labute approximate surface area is 310 Å². The highest BCUT2D eigenvalue weighted by Crippen LogP contribution is 2.44. The molecule has 3 heteroatoms. The monoisotopic (exact) mass is 686 g/mol. The van der Waals surface area contributed by atoms with Crippen molar-refractivity contribution < 1.29 is 14.3 Å². The summed E-state index contributed by atoms with van der Waals surface area (Å²) in [5.41, 5.74) is 7.18. The zero-order valence-corrected chi connectivity index (χ0v) is 31.7. The molecule has 0 aliphatic rings. The predicted octanol–water partition coefficient (Wildman–Crippen LogP) is 12.6. The average Bonchev–Trinajstić information content (AvgIpc) is 3.16. The van der Waals surface area contributed by atoms with E-state index in [4.69, 9.17) is 9.47 Å². The van der Waals surface area contributed by atoms with E-state index in [0.717, 1.165) is 33.4 Å². The molecule has 0 bridgehead atoms. The van der Waals surface area contributed by atoms with E-state index in [9.17, 15) is 4.79 Å². The van der Waals surface area contributed by atoms with E-state index < -0.39 is 17.0 Å². The van der Waals surface area contributed by atoms with Crippen molar-refractivity contribution in [3.05, 3.63) is 202 Å². The summed E-state index contributed by atoms with van der Waals surface area (Å²) >= 11 is 0. The van der Waals surface area contributed by atoms with Gasteiger partial charge < -0.3 is 9.47 Å². The largest absolute Gasteiger partial charge is 0.519 e. The van der Waals surface area contributed by atoms with Crippen LogP contribution in [0.3, 0.4) is 0 Å². The fraction of sp³-hybridized carbons (Fsp3) is 0.245. The first-order chi connectivity index (χ1) is 24.7. The van der Waals surface area contributed by atoms with Gasteiger partial charge in [-0.15, -0.1) is 0 Å². The highest BCUT2D eigenvalue weighted by Gasteiger charge is 2.34. The first kappa shape index (κ1) is 36.4. The Hall–Kier alpha value is -5.41. The zero-order chi connectivity index (χ0) is 37.1. The first-order valence-electron chi connectivity index (χ1n) is 18.1. The molecule has 52 heavy (non-hydrogen) atoms. The molecule has 0 aromatic heterocycles. The van der Waals surface area contributed by atoms with Crippen molar-refractivity contribution >= 4 is 6.16 Å². The van der Waals surface area contributed by atoms with Crippen molar-refractivity contribution in [1.82, 2.24) is 0 Å². The van der Waals surface area contributed by atoms with Gasteiger partial charge in [0.25, 0.3) is 0 Å². The predicted molar refractivity (Wildman–Crippen MR) is 214 cm³/mol. The Kier molecular flexibility index (Phi) is 10.0. The number of ether oxygens (including phenoxy) is 2. The molecule has 0 saturated carbocycles. The van der Waals surface area contributed by atoms with Crippen molar-refractivity contribution in [2.24, 2.45) is 0 Å². The van der Waals surface area contributed by atoms with Gasteiger partial charge >= 0.3 is 6.16 Å². The molecule has 0 unspecified atom stereocenters. The number of hydrogen-bond donors (Lipinski definition) is 0. The lowest BCUT2D eigenvalue weighted by Gasteiger charge is -2.32. The maximum Gasteiger partial charge on any atom is 0.519 e. The van der Waals surface area contributed by atoms with E-state index >= 15 is 0 Å². The molecule has 0 N–H and O–H groups in total. The second-order valence-electron chi connectivity index (χ2n) is 15.8. The third kappa shape index (κ3) is 7.19. The van der Waals surface area contributed by atoms with E-state index in [0.29, 0.717) is 11.5 Å². The second-order valence-corrected chi connectivity index (χ2v) is 15.8. The number of benzene rings is 6. The smallest absolute Gasteiger partial charge is 0.394 e. The van der Waals surface area contributed by atoms with Crippen molar-refractivity contribution in [2.75, 3.05) is 0 Å². The van der Waals surface area contributed by atoms with Crippen LogP contribution in [0.15, 0.2) is 158 Å². The maximum atomic E-state index is 14.0. The molecule has 0 aliphatic heterocycles. The molecule has 6 rings (SSSR count). The number of carbonyl (C=O) groups is 1. The van der Waals surface area contributed by atoms with E-state index in [-0.39, 0.29) is 10.8 Å². The molecule has 0 atom stereocenters. The molecule has 0 amide bonds. The summed E-state index contributed by atoms with van der Waals surface area (Å²) in [5.74, 6) is 0.939. The average molecular weight is 687 g/mol. The minimum Gasteiger partial charge on any atom is -0.394 e. The quantitative estimate of drug-likeness (QED) is 0.106. The summed E-state index contributed by atoms with van der Waals surface area (Å²) < 4.78 is 12.4. The summed E-state index contributed by atoms with van der Waals surface area (Å²) in [5, 5.41) is 0. The van der Waals surface area contributed by atoms with Crippen LogP contribution in [-0.2, 0) is 21.7 Å². The van der Waals surface area contributed by atoms with Gasteiger partial charge in [0.2, 0.25) is 0 Å². The van der Waals surface area contributed by atoms with Crippen molar-refractivity contribution in [1.29, 1.82) is 0 Å². The summed E-state index contributed by atoms with van der Waals surface area (Å²) in [6.07, 6.45) is -0.777. The van der Waals surface area contributed by atoms with Gasteiger partial charge in [-0.05, 0) is 45.5 Å². The van der Waals surface area contributed by atoms with Gasteiger partial charge in [-0.25, -0.2) is 4.79 Å². The highest BCUT2D eigenvalue weighted by atomic mass is 16.7. The fourth-order valence-electron chi connectivity index (χ4n) is 7.26. The topological polar surface area (TPSA) is 35.5 Å². The minimum absolute atomic E-state index is 0.283. The zero-order valence-electron chi connectivity index (χ0n) is 31.7. The van der Waals surface area contributed by atoms with Crippen LogP contribution < -0.4 is 9.47 Å². The van der Waals surface area contributed by atoms with Crippen LogP contribution in [-0.4, -0.2) is 6.16 Å². The summed E-state index contributed by atoms with van der Waals surface area (Å²) in [6, 6.07) is 54.0. The van der Waals surface area contributed by atoms with Gasteiger partial charge in [0, 0.05) is 32.8 Å². The Morgan fingerprint density at radius 2 is 0.615 bits per heavy atom. The van der Waals surface area contributed by atoms with E-state index in [2.05, 4.69) is 152 Å². The van der Waals surface area contributed by atoms with Gasteiger partial charge in [0.1, 0.15) is 11.5 Å². The normalized spacial score (nSPS) is 12.3. The molecule has 3 nitrogen and oxygen atoms in total. The third-order valence-corrected chi connectivity index (χ3v) is 11.1. The molecule has 0 heterocycles. The van der Waals surface area contributed by atoms with Crippen molar-refractivity contribution in [2.45, 2.75) is 77.0 Å². The molecule has 0 aliphatic carbocycles. The Balaban J connectivity index is 1.40. The van der Waals surface area contributed by atoms with Crippen LogP contribution in [0.1, 0.15) is 99.9 Å². The Morgan fingerprint density at radius 1 is 0.346 bits per heavy atom. The lowest BCUT2D eigenvalue weighted by atomic mass is 9.73. The van der Waals surface area contributed by atoms with Crippen LogP contribution in [0, 0.1) is 0 Å². The maximum absolute atomic E-state index is 14.0. The van der Waals surface area contributed by atoms with E-state index in [1.54, 1.807) is 0 Å². The molecule has 0 fully saturated rings. The summed E-state index contributed by atoms with van der Waals surface area (Å²) in [4.78, 5) is 14.0. The van der Waals surface area contributed by atoms with Gasteiger partial charge in [0.05, 0.1) is 0 Å². The molecular weight excluding hydrogens is 637 g/mol. The van der Waals surface area contributed by atoms with E-state index in [1.807, 2.05) is 60.7 Å². The van der Waals surface area contributed by atoms with Gasteiger partial charge in [-0.2, -0.15) is 0 Å². The highest BCUT2D eigenvalue weighted by molar-refractivity contribution is 5.70. The standard InChI is InChI=1S/C49H50O3/c1-46(2,35-21-13-9-14-22-35)39-29-31-43(41(33-39)48(5,6)37-25-17-11-18-26-37)51-45(50)52-44-32-30-40(47(3,4)36-23-15-10-16-24-36)34-42(44)49(7,8)38-27-19-12-20-28-38/h9-34H,1-8H3. The van der Waals surface area contributed by atoms with Crippen LogP contribution in [0.2, 0.25) is 0 Å². The third-order valence-electron chi connectivity index (χ3n) is 11.1. The van der Waals surface area contributed by atoms with Crippen molar-refractivity contribution in [3.8, 4) is 11.5 Å². The Bertz CT molecular complexity index is 1970.